The van der Waals surface area contributed by atoms with E-state index in [0.29, 0.717) is 5.92 Å². The number of rotatable bonds is 4. The predicted molar refractivity (Wildman–Crippen MR) is 63.9 cm³/mol. The molecule has 3 nitrogen and oxygen atoms in total. The second-order valence-electron chi connectivity index (χ2n) is 4.60. The lowest BCUT2D eigenvalue weighted by Crippen LogP contribution is -2.33. The highest BCUT2D eigenvalue weighted by Crippen LogP contribution is 2.23. The van der Waals surface area contributed by atoms with Gasteiger partial charge in [-0.2, -0.15) is 0 Å². The Balaban J connectivity index is 1.71. The Morgan fingerprint density at radius 3 is 3.00 bits per heavy atom. The molecule has 1 aliphatic rings. The first-order valence-corrected chi connectivity index (χ1v) is 6.14. The lowest BCUT2D eigenvalue weighted by molar-refractivity contribution is 0.0695. The summed E-state index contributed by atoms with van der Waals surface area (Å²) in [6.07, 6.45) is 8.13. The van der Waals surface area contributed by atoms with Gasteiger partial charge in [0.1, 0.15) is 0 Å². The van der Waals surface area contributed by atoms with Crippen molar-refractivity contribution in [2.45, 2.75) is 38.3 Å². The Morgan fingerprint density at radius 2 is 2.25 bits per heavy atom. The number of hydrogen-bond acceptors (Lipinski definition) is 3. The smallest absolute Gasteiger partial charge is 0.0580 e. The molecule has 16 heavy (non-hydrogen) atoms. The van der Waals surface area contributed by atoms with E-state index in [-0.39, 0.29) is 6.10 Å². The van der Waals surface area contributed by atoms with Crippen LogP contribution in [0.25, 0.3) is 0 Å². The van der Waals surface area contributed by atoms with E-state index in [1.165, 1.54) is 18.4 Å². The summed E-state index contributed by atoms with van der Waals surface area (Å²) in [4.78, 5) is 4.08. The van der Waals surface area contributed by atoms with Crippen molar-refractivity contribution < 1.29 is 5.11 Å². The maximum Gasteiger partial charge on any atom is 0.0580 e. The summed E-state index contributed by atoms with van der Waals surface area (Å²) in [6.45, 7) is 1.76. The van der Waals surface area contributed by atoms with E-state index in [1.807, 2.05) is 12.3 Å². The molecule has 2 atom stereocenters. The fourth-order valence-electron chi connectivity index (χ4n) is 2.33. The van der Waals surface area contributed by atoms with Gasteiger partial charge in [-0.25, -0.2) is 0 Å². The first-order valence-electron chi connectivity index (χ1n) is 6.14. The van der Waals surface area contributed by atoms with Crippen molar-refractivity contribution in [3.63, 3.8) is 0 Å². The van der Waals surface area contributed by atoms with Crippen LogP contribution in [0.2, 0.25) is 0 Å². The van der Waals surface area contributed by atoms with Crippen LogP contribution < -0.4 is 5.32 Å². The molecule has 1 fully saturated rings. The van der Waals surface area contributed by atoms with Crippen LogP contribution in [0.4, 0.5) is 0 Å². The Hall–Kier alpha value is -0.930. The van der Waals surface area contributed by atoms with Gasteiger partial charge in [0.2, 0.25) is 0 Å². The Bertz CT molecular complexity index is 302. The number of pyridine rings is 1. The van der Waals surface area contributed by atoms with E-state index in [1.54, 1.807) is 6.20 Å². The normalized spacial score (nSPS) is 25.6. The highest BCUT2D eigenvalue weighted by atomic mass is 16.3. The number of aromatic nitrogens is 1. The van der Waals surface area contributed by atoms with Crippen molar-refractivity contribution in [2.24, 2.45) is 5.92 Å². The highest BCUT2D eigenvalue weighted by molar-refractivity contribution is 5.07. The summed E-state index contributed by atoms with van der Waals surface area (Å²) < 4.78 is 0. The molecule has 0 saturated heterocycles. The molecule has 1 saturated carbocycles. The summed E-state index contributed by atoms with van der Waals surface area (Å²) in [7, 11) is 0. The Kier molecular flexibility index (Phi) is 4.31. The summed E-state index contributed by atoms with van der Waals surface area (Å²) >= 11 is 0. The van der Waals surface area contributed by atoms with Gasteiger partial charge in [-0.15, -0.1) is 0 Å². The predicted octanol–water partition coefficient (Wildman–Crippen LogP) is 1.72. The molecule has 1 aromatic rings. The van der Waals surface area contributed by atoms with Gasteiger partial charge >= 0.3 is 0 Å². The minimum Gasteiger partial charge on any atom is -0.393 e. The molecular weight excluding hydrogens is 200 g/mol. The summed E-state index contributed by atoms with van der Waals surface area (Å²) in [5.41, 5.74) is 1.20. The zero-order valence-electron chi connectivity index (χ0n) is 9.60. The van der Waals surface area contributed by atoms with E-state index in [9.17, 15) is 5.11 Å². The molecule has 0 aromatic carbocycles. The van der Waals surface area contributed by atoms with Crippen LogP contribution in [0, 0.1) is 5.92 Å². The van der Waals surface area contributed by atoms with Crippen LogP contribution in [0.15, 0.2) is 24.5 Å². The maximum absolute atomic E-state index is 9.81. The van der Waals surface area contributed by atoms with E-state index in [2.05, 4.69) is 16.4 Å². The average Bonchev–Trinajstić information content (AvgIpc) is 2.33. The van der Waals surface area contributed by atoms with Gasteiger partial charge in [-0.1, -0.05) is 18.9 Å². The van der Waals surface area contributed by atoms with Crippen molar-refractivity contribution in [3.8, 4) is 0 Å². The van der Waals surface area contributed by atoms with Gasteiger partial charge in [-0.3, -0.25) is 4.98 Å². The highest BCUT2D eigenvalue weighted by Gasteiger charge is 2.22. The number of aliphatic hydroxyl groups is 1. The topological polar surface area (TPSA) is 45.1 Å². The molecule has 1 aromatic heterocycles. The lowest BCUT2D eigenvalue weighted by Gasteiger charge is -2.27. The maximum atomic E-state index is 9.81. The zero-order chi connectivity index (χ0) is 11.2. The molecule has 0 radical (unpaired) electrons. The number of nitrogens with one attached hydrogen (secondary N) is 1. The molecular formula is C13H20N2O. The van der Waals surface area contributed by atoms with E-state index in [0.717, 1.165) is 25.9 Å². The third-order valence-corrected chi connectivity index (χ3v) is 3.33. The zero-order valence-corrected chi connectivity index (χ0v) is 9.60. The first kappa shape index (κ1) is 11.6. The second kappa shape index (κ2) is 5.97. The monoisotopic (exact) mass is 220 g/mol. The van der Waals surface area contributed by atoms with Gasteiger partial charge in [0.05, 0.1) is 6.10 Å². The Morgan fingerprint density at radius 1 is 1.38 bits per heavy atom. The van der Waals surface area contributed by atoms with E-state index >= 15 is 0 Å². The van der Waals surface area contributed by atoms with Gasteiger partial charge in [0.15, 0.2) is 0 Å². The van der Waals surface area contributed by atoms with Crippen LogP contribution in [-0.2, 0) is 6.54 Å². The molecule has 2 N–H and O–H groups in total. The minimum atomic E-state index is -0.102. The van der Waals surface area contributed by atoms with Gasteiger partial charge in [0.25, 0.3) is 0 Å². The summed E-state index contributed by atoms with van der Waals surface area (Å²) in [6, 6.07) is 4.02. The molecule has 88 valence electrons. The molecule has 0 aliphatic heterocycles. The third-order valence-electron chi connectivity index (χ3n) is 3.33. The SMILES string of the molecule is OC1CCCCC1CNCc1cccnc1. The Labute approximate surface area is 96.9 Å². The molecule has 2 rings (SSSR count). The van der Waals surface area contributed by atoms with E-state index in [4.69, 9.17) is 0 Å². The third kappa shape index (κ3) is 3.29. The van der Waals surface area contributed by atoms with Crippen molar-refractivity contribution in [1.29, 1.82) is 0 Å². The van der Waals surface area contributed by atoms with Crippen LogP contribution in [0.3, 0.4) is 0 Å². The van der Waals surface area contributed by atoms with Gasteiger partial charge in [-0.05, 0) is 30.4 Å². The average molecular weight is 220 g/mol. The second-order valence-corrected chi connectivity index (χ2v) is 4.60. The van der Waals surface area contributed by atoms with Crippen molar-refractivity contribution in [3.05, 3.63) is 30.1 Å². The van der Waals surface area contributed by atoms with Crippen LogP contribution in [-0.4, -0.2) is 22.7 Å². The summed E-state index contributed by atoms with van der Waals surface area (Å²) in [5.74, 6) is 0.436. The molecule has 2 unspecified atom stereocenters. The van der Waals surface area contributed by atoms with Crippen LogP contribution in [0.5, 0.6) is 0 Å². The minimum absolute atomic E-state index is 0.102. The van der Waals surface area contributed by atoms with Gasteiger partial charge in [0, 0.05) is 25.5 Å². The first-order chi connectivity index (χ1) is 7.86. The quantitative estimate of drug-likeness (QED) is 0.812. The molecule has 3 heteroatoms. The van der Waals surface area contributed by atoms with Crippen LogP contribution >= 0.6 is 0 Å². The molecule has 0 spiro atoms. The largest absolute Gasteiger partial charge is 0.393 e. The number of aliphatic hydroxyl groups excluding tert-OH is 1. The fourth-order valence-corrected chi connectivity index (χ4v) is 2.33. The van der Waals surface area contributed by atoms with Crippen molar-refractivity contribution in [1.82, 2.24) is 10.3 Å². The molecule has 0 bridgehead atoms. The van der Waals surface area contributed by atoms with Crippen molar-refractivity contribution >= 4 is 0 Å². The molecule has 1 heterocycles. The number of nitrogens with zero attached hydrogens (tertiary/aromatic N) is 1. The molecule has 1 aliphatic carbocycles. The van der Waals surface area contributed by atoms with Gasteiger partial charge < -0.3 is 10.4 Å². The fraction of sp³-hybridized carbons (Fsp3) is 0.615. The van der Waals surface area contributed by atoms with E-state index < -0.39 is 0 Å². The standard InChI is InChI=1S/C13H20N2O/c16-13-6-2-1-5-12(13)10-15-9-11-4-3-7-14-8-11/h3-4,7-8,12-13,15-16H,1-2,5-6,9-10H2. The summed E-state index contributed by atoms with van der Waals surface area (Å²) in [5, 5.41) is 13.2. The van der Waals surface area contributed by atoms with Crippen LogP contribution in [0.1, 0.15) is 31.2 Å². The number of hydrogen-bond donors (Lipinski definition) is 2. The van der Waals surface area contributed by atoms with Crippen molar-refractivity contribution in [2.75, 3.05) is 6.54 Å². The molecule has 0 amide bonds. The lowest BCUT2D eigenvalue weighted by atomic mass is 9.86.